The average molecular weight is 188 g/mol. The van der Waals surface area contributed by atoms with E-state index in [0.29, 0.717) is 6.42 Å². The lowest BCUT2D eigenvalue weighted by molar-refractivity contribution is -0.324. The Morgan fingerprint density at radius 1 is 1.23 bits per heavy atom. The molecule has 1 rings (SSSR count). The number of rotatable bonds is 0. The van der Waals surface area contributed by atoms with Crippen molar-refractivity contribution in [2.24, 2.45) is 0 Å². The Bertz CT molecular complexity index is 203. The molecule has 2 atom stereocenters. The van der Waals surface area contributed by atoms with Gasteiger partial charge in [0.25, 0.3) is 0 Å². The molecule has 1 heterocycles. The fourth-order valence-electron chi connectivity index (χ4n) is 2.08. The third kappa shape index (κ3) is 1.59. The molecule has 2 unspecified atom stereocenters. The van der Waals surface area contributed by atoms with Crippen molar-refractivity contribution in [3.8, 4) is 0 Å². The van der Waals surface area contributed by atoms with Crippen LogP contribution >= 0.6 is 0 Å². The highest BCUT2D eigenvalue weighted by Gasteiger charge is 2.51. The van der Waals surface area contributed by atoms with Crippen molar-refractivity contribution in [3.05, 3.63) is 0 Å². The van der Waals surface area contributed by atoms with Gasteiger partial charge in [0.2, 0.25) is 0 Å². The number of aliphatic hydroxyl groups is 2. The van der Waals surface area contributed by atoms with Crippen molar-refractivity contribution in [2.45, 2.75) is 57.4 Å². The molecule has 0 aliphatic carbocycles. The Balaban J connectivity index is 2.96. The van der Waals surface area contributed by atoms with Gasteiger partial charge in [0.05, 0.1) is 11.6 Å². The highest BCUT2D eigenvalue weighted by Crippen LogP contribution is 2.37. The van der Waals surface area contributed by atoms with Crippen LogP contribution in [0.4, 0.5) is 0 Å². The predicted molar refractivity (Wildman–Crippen MR) is 47.3 cm³/mol. The molecule has 0 aromatic carbocycles. The Morgan fingerprint density at radius 2 is 1.69 bits per heavy atom. The second-order valence-corrected chi connectivity index (χ2v) is 4.98. The van der Waals surface area contributed by atoms with Gasteiger partial charge in [0.1, 0.15) is 6.10 Å². The molecule has 77 valence electrons. The van der Waals surface area contributed by atoms with Crippen molar-refractivity contribution in [1.82, 2.24) is 5.06 Å². The van der Waals surface area contributed by atoms with Crippen LogP contribution in [0.1, 0.15) is 34.1 Å². The summed E-state index contributed by atoms with van der Waals surface area (Å²) in [6.45, 7) is 6.84. The van der Waals surface area contributed by atoms with Crippen LogP contribution in [0, 0.1) is 0 Å². The topological polar surface area (TPSA) is 63.6 Å². The van der Waals surface area contributed by atoms with E-state index in [1.807, 2.05) is 0 Å². The first kappa shape index (κ1) is 10.9. The summed E-state index contributed by atoms with van der Waals surface area (Å²) in [5.74, 6) is 0. The van der Waals surface area contributed by atoms with Gasteiger partial charge in [0, 0.05) is 5.54 Å². The zero-order valence-electron chi connectivity index (χ0n) is 8.61. The van der Waals surface area contributed by atoms with Crippen molar-refractivity contribution in [2.75, 3.05) is 0 Å². The third-order valence-corrected chi connectivity index (χ3v) is 2.87. The number of aliphatic hydroxyl groups excluding tert-OH is 2. The van der Waals surface area contributed by atoms with E-state index in [0.717, 1.165) is 5.06 Å². The van der Waals surface area contributed by atoms with E-state index in [1.54, 1.807) is 27.7 Å². The quantitative estimate of drug-likeness (QED) is 0.575. The van der Waals surface area contributed by atoms with Gasteiger partial charge in [0.15, 0.2) is 0 Å². The summed E-state index contributed by atoms with van der Waals surface area (Å²) in [4.78, 5) is 0. The second-order valence-electron chi connectivity index (χ2n) is 4.98. The molecule has 0 saturated carbocycles. The maximum absolute atomic E-state index is 11.8. The van der Waals surface area contributed by atoms with Crippen LogP contribution in [0.15, 0.2) is 0 Å². The van der Waals surface area contributed by atoms with Crippen LogP contribution in [0.3, 0.4) is 0 Å². The largest absolute Gasteiger partial charge is 0.390 e. The molecule has 1 fully saturated rings. The number of hydroxylamine groups is 2. The average Bonchev–Trinajstić information content (AvgIpc) is 1.98. The SMILES string of the molecule is CC1(C)CC(O)C(O)C(C)(C)N1[O]. The van der Waals surface area contributed by atoms with Gasteiger partial charge in [-0.3, -0.25) is 0 Å². The summed E-state index contributed by atoms with van der Waals surface area (Å²) in [6, 6.07) is 0. The molecule has 0 aromatic heterocycles. The lowest BCUT2D eigenvalue weighted by atomic mass is 9.78. The molecular weight excluding hydrogens is 170 g/mol. The Kier molecular flexibility index (Phi) is 2.45. The van der Waals surface area contributed by atoms with Crippen molar-refractivity contribution >= 4 is 0 Å². The Hall–Kier alpha value is -0.160. The molecule has 4 nitrogen and oxygen atoms in total. The van der Waals surface area contributed by atoms with E-state index in [2.05, 4.69) is 0 Å². The van der Waals surface area contributed by atoms with Crippen LogP contribution in [-0.2, 0) is 5.21 Å². The van der Waals surface area contributed by atoms with Crippen LogP contribution in [0.2, 0.25) is 0 Å². The maximum Gasteiger partial charge on any atom is 0.100 e. The number of piperidine rings is 1. The van der Waals surface area contributed by atoms with Gasteiger partial charge in [-0.15, -0.1) is 10.3 Å². The lowest BCUT2D eigenvalue weighted by Gasteiger charge is -2.51. The van der Waals surface area contributed by atoms with E-state index in [9.17, 15) is 15.4 Å². The predicted octanol–water partition coefficient (Wildman–Crippen LogP) is 0.317. The highest BCUT2D eigenvalue weighted by molar-refractivity contribution is 5.01. The number of hydrogen-bond donors (Lipinski definition) is 2. The summed E-state index contributed by atoms with van der Waals surface area (Å²) in [5, 5.41) is 31.8. The monoisotopic (exact) mass is 188 g/mol. The minimum absolute atomic E-state index is 0.307. The van der Waals surface area contributed by atoms with E-state index in [1.165, 1.54) is 0 Å². The molecule has 0 spiro atoms. The first-order valence-corrected chi connectivity index (χ1v) is 4.53. The summed E-state index contributed by atoms with van der Waals surface area (Å²) < 4.78 is 0. The summed E-state index contributed by atoms with van der Waals surface area (Å²) in [5.41, 5.74) is -1.52. The molecule has 4 heteroatoms. The molecular formula is C9H18NO3. The van der Waals surface area contributed by atoms with Gasteiger partial charge in [-0.2, -0.15) is 0 Å². The fourth-order valence-corrected chi connectivity index (χ4v) is 2.08. The van der Waals surface area contributed by atoms with Gasteiger partial charge < -0.3 is 10.2 Å². The summed E-state index contributed by atoms with van der Waals surface area (Å²) in [6.07, 6.45) is -1.48. The second kappa shape index (κ2) is 2.92. The van der Waals surface area contributed by atoms with E-state index in [-0.39, 0.29) is 0 Å². The number of nitrogens with zero attached hydrogens (tertiary/aromatic N) is 1. The smallest absolute Gasteiger partial charge is 0.100 e. The standard InChI is InChI=1S/C9H18NO3/c1-8(2)5-6(11)7(12)9(3,4)10(8)13/h6-7,11-12H,5H2,1-4H3. The van der Waals surface area contributed by atoms with Crippen molar-refractivity contribution in [1.29, 1.82) is 0 Å². The zero-order chi connectivity index (χ0) is 10.4. The van der Waals surface area contributed by atoms with Crippen LogP contribution < -0.4 is 0 Å². The lowest BCUT2D eigenvalue weighted by Crippen LogP contribution is -2.67. The minimum atomic E-state index is -0.974. The van der Waals surface area contributed by atoms with Gasteiger partial charge in [-0.25, -0.2) is 0 Å². The minimum Gasteiger partial charge on any atom is -0.390 e. The van der Waals surface area contributed by atoms with Crippen LogP contribution in [0.25, 0.3) is 0 Å². The maximum atomic E-state index is 11.8. The van der Waals surface area contributed by atoms with Gasteiger partial charge >= 0.3 is 0 Å². The first-order chi connectivity index (χ1) is 5.69. The fraction of sp³-hybridized carbons (Fsp3) is 1.00. The summed E-state index contributed by atoms with van der Waals surface area (Å²) >= 11 is 0. The van der Waals surface area contributed by atoms with E-state index < -0.39 is 23.3 Å². The Morgan fingerprint density at radius 3 is 2.15 bits per heavy atom. The van der Waals surface area contributed by atoms with Crippen LogP contribution in [0.5, 0.6) is 0 Å². The molecule has 13 heavy (non-hydrogen) atoms. The Labute approximate surface area is 78.7 Å². The van der Waals surface area contributed by atoms with Gasteiger partial charge in [-0.05, 0) is 34.1 Å². The third-order valence-electron chi connectivity index (χ3n) is 2.87. The molecule has 1 saturated heterocycles. The van der Waals surface area contributed by atoms with Gasteiger partial charge in [-0.1, -0.05) is 0 Å². The van der Waals surface area contributed by atoms with Crippen molar-refractivity contribution < 1.29 is 15.4 Å². The summed E-state index contributed by atoms with van der Waals surface area (Å²) in [7, 11) is 0. The molecule has 2 N–H and O–H groups in total. The molecule has 1 aliphatic heterocycles. The molecule has 0 bridgehead atoms. The highest BCUT2D eigenvalue weighted by atomic mass is 16.5. The molecule has 0 aromatic rings. The van der Waals surface area contributed by atoms with E-state index >= 15 is 0 Å². The van der Waals surface area contributed by atoms with E-state index in [4.69, 9.17) is 0 Å². The number of hydrogen-bond acceptors (Lipinski definition) is 3. The normalized spacial score (nSPS) is 39.0. The van der Waals surface area contributed by atoms with Crippen LogP contribution in [-0.4, -0.2) is 38.6 Å². The molecule has 1 aliphatic rings. The molecule has 1 radical (unpaired) electrons. The first-order valence-electron chi connectivity index (χ1n) is 4.53. The zero-order valence-corrected chi connectivity index (χ0v) is 8.61. The van der Waals surface area contributed by atoms with Crippen molar-refractivity contribution in [3.63, 3.8) is 0 Å². The molecule has 0 amide bonds.